The highest BCUT2D eigenvalue weighted by atomic mass is 35.5. The van der Waals surface area contributed by atoms with E-state index in [2.05, 4.69) is 28.0 Å². The van der Waals surface area contributed by atoms with Gasteiger partial charge in [0, 0.05) is 30.9 Å². The fourth-order valence-electron chi connectivity index (χ4n) is 2.31. The average Bonchev–Trinajstić information content (AvgIpc) is 2.55. The molecule has 3 nitrogen and oxygen atoms in total. The molecular weight excluding hydrogens is 245 g/mol. The number of fused-ring (bicyclic) bond motifs is 3. The van der Waals surface area contributed by atoms with Crippen LogP contribution < -0.4 is 5.32 Å². The minimum Gasteiger partial charge on any atom is -0.331 e. The molecule has 1 aliphatic heterocycles. The molecule has 0 saturated carbocycles. The minimum atomic E-state index is 0. The van der Waals surface area contributed by atoms with Crippen molar-refractivity contribution < 1.29 is 0 Å². The van der Waals surface area contributed by atoms with Crippen molar-refractivity contribution in [3.8, 4) is 0 Å². The number of pyridine rings is 1. The monoisotopic (exact) mass is 259 g/mol. The van der Waals surface area contributed by atoms with Crippen LogP contribution in [0, 0.1) is 0 Å². The highest BCUT2D eigenvalue weighted by Gasteiger charge is 2.17. The fourth-order valence-corrected chi connectivity index (χ4v) is 2.31. The van der Waals surface area contributed by atoms with Crippen molar-refractivity contribution in [3.05, 3.63) is 29.6 Å². The Hall–Kier alpha value is -0.770. The zero-order chi connectivity index (χ0) is 9.54. The summed E-state index contributed by atoms with van der Waals surface area (Å²) in [4.78, 5) is 4.42. The molecule has 0 aromatic carbocycles. The Balaban J connectivity index is 0.000000640. The van der Waals surface area contributed by atoms with Crippen LogP contribution in [0.2, 0.25) is 0 Å². The third kappa shape index (κ3) is 1.79. The van der Waals surface area contributed by atoms with E-state index >= 15 is 0 Å². The zero-order valence-electron chi connectivity index (χ0n) is 9.06. The maximum absolute atomic E-state index is 4.42. The Kier molecular flexibility index (Phi) is 4.19. The average molecular weight is 260 g/mol. The van der Waals surface area contributed by atoms with E-state index in [9.17, 15) is 0 Å². The van der Waals surface area contributed by atoms with Gasteiger partial charge in [0.1, 0.15) is 5.65 Å². The van der Waals surface area contributed by atoms with Gasteiger partial charge < -0.3 is 9.88 Å². The van der Waals surface area contributed by atoms with Crippen molar-refractivity contribution >= 4 is 35.8 Å². The van der Waals surface area contributed by atoms with E-state index in [4.69, 9.17) is 0 Å². The van der Waals surface area contributed by atoms with Crippen LogP contribution in [-0.2, 0) is 20.0 Å². The highest BCUT2D eigenvalue weighted by Crippen LogP contribution is 2.25. The molecule has 0 fully saturated rings. The number of halogens is 2. The van der Waals surface area contributed by atoms with Gasteiger partial charge in [-0.2, -0.15) is 0 Å². The largest absolute Gasteiger partial charge is 0.331 e. The number of rotatable bonds is 0. The Morgan fingerprint density at radius 1 is 1.38 bits per heavy atom. The van der Waals surface area contributed by atoms with Crippen LogP contribution in [0.4, 0.5) is 0 Å². The molecule has 2 aromatic rings. The SMILES string of the molecule is Cl.Cl.Cn1c2c(c3cccnc31)CCNC2. The third-order valence-electron chi connectivity index (χ3n) is 3.03. The fraction of sp³-hybridized carbons (Fsp3) is 0.364. The van der Waals surface area contributed by atoms with Crippen molar-refractivity contribution in [3.63, 3.8) is 0 Å². The lowest BCUT2D eigenvalue weighted by molar-refractivity contribution is 0.613. The molecular formula is C11H15Cl2N3. The van der Waals surface area contributed by atoms with E-state index in [0.29, 0.717) is 0 Å². The van der Waals surface area contributed by atoms with Gasteiger partial charge in [0.15, 0.2) is 0 Å². The second-order valence-electron chi connectivity index (χ2n) is 3.79. The lowest BCUT2D eigenvalue weighted by atomic mass is 10.1. The molecule has 0 spiro atoms. The summed E-state index contributed by atoms with van der Waals surface area (Å²) in [5.74, 6) is 0. The highest BCUT2D eigenvalue weighted by molar-refractivity contribution is 5.85. The zero-order valence-corrected chi connectivity index (χ0v) is 10.7. The van der Waals surface area contributed by atoms with Crippen LogP contribution >= 0.6 is 24.8 Å². The van der Waals surface area contributed by atoms with E-state index in [1.54, 1.807) is 0 Å². The van der Waals surface area contributed by atoms with Gasteiger partial charge in [-0.3, -0.25) is 0 Å². The van der Waals surface area contributed by atoms with E-state index in [1.165, 1.54) is 16.6 Å². The Morgan fingerprint density at radius 2 is 2.19 bits per heavy atom. The Bertz CT molecular complexity index is 493. The summed E-state index contributed by atoms with van der Waals surface area (Å²) < 4.78 is 2.21. The lowest BCUT2D eigenvalue weighted by Gasteiger charge is -2.14. The summed E-state index contributed by atoms with van der Waals surface area (Å²) in [6.45, 7) is 2.06. The number of aryl methyl sites for hydroxylation is 1. The summed E-state index contributed by atoms with van der Waals surface area (Å²) in [6, 6.07) is 4.19. The number of aromatic nitrogens is 2. The van der Waals surface area contributed by atoms with E-state index < -0.39 is 0 Å². The molecule has 0 bridgehead atoms. The molecule has 88 valence electrons. The van der Waals surface area contributed by atoms with Gasteiger partial charge in [-0.1, -0.05) is 0 Å². The molecule has 0 aliphatic carbocycles. The number of hydrogen-bond donors (Lipinski definition) is 1. The quantitative estimate of drug-likeness (QED) is 0.785. The van der Waals surface area contributed by atoms with Crippen molar-refractivity contribution in [1.29, 1.82) is 0 Å². The summed E-state index contributed by atoms with van der Waals surface area (Å²) in [5, 5.41) is 4.72. The van der Waals surface area contributed by atoms with Crippen LogP contribution in [0.1, 0.15) is 11.3 Å². The first kappa shape index (κ1) is 13.3. The third-order valence-corrected chi connectivity index (χ3v) is 3.03. The van der Waals surface area contributed by atoms with Gasteiger partial charge >= 0.3 is 0 Å². The van der Waals surface area contributed by atoms with Crippen molar-refractivity contribution in [2.75, 3.05) is 6.54 Å². The van der Waals surface area contributed by atoms with Gasteiger partial charge in [-0.25, -0.2) is 4.98 Å². The summed E-state index contributed by atoms with van der Waals surface area (Å²) >= 11 is 0. The summed E-state index contributed by atoms with van der Waals surface area (Å²) in [5.41, 5.74) is 3.99. The number of nitrogens with one attached hydrogen (secondary N) is 1. The second-order valence-corrected chi connectivity index (χ2v) is 3.79. The molecule has 2 aromatic heterocycles. The predicted octanol–water partition coefficient (Wildman–Crippen LogP) is 2.06. The molecule has 0 saturated heterocycles. The smallest absolute Gasteiger partial charge is 0.140 e. The van der Waals surface area contributed by atoms with E-state index in [0.717, 1.165) is 25.2 Å². The standard InChI is InChI=1S/C11H13N3.2ClH/c1-14-10-7-12-6-4-8(10)9-3-2-5-13-11(9)14;;/h2-3,5,12H,4,6-7H2,1H3;2*1H. The summed E-state index contributed by atoms with van der Waals surface area (Å²) in [6.07, 6.45) is 2.99. The Morgan fingerprint density at radius 3 is 3.00 bits per heavy atom. The minimum absolute atomic E-state index is 0. The molecule has 3 rings (SSSR count). The topological polar surface area (TPSA) is 29.9 Å². The lowest BCUT2D eigenvalue weighted by Crippen LogP contribution is -2.24. The molecule has 0 amide bonds. The van der Waals surface area contributed by atoms with Gasteiger partial charge in [0.2, 0.25) is 0 Å². The van der Waals surface area contributed by atoms with Crippen LogP contribution in [-0.4, -0.2) is 16.1 Å². The summed E-state index contributed by atoms with van der Waals surface area (Å²) in [7, 11) is 2.10. The maximum atomic E-state index is 4.42. The van der Waals surface area contributed by atoms with Crippen LogP contribution in [0.25, 0.3) is 11.0 Å². The second kappa shape index (κ2) is 5.04. The van der Waals surface area contributed by atoms with Crippen LogP contribution in [0.3, 0.4) is 0 Å². The first-order valence-electron chi connectivity index (χ1n) is 5.00. The van der Waals surface area contributed by atoms with Gasteiger partial charge in [0.25, 0.3) is 0 Å². The molecule has 0 radical (unpaired) electrons. The molecule has 1 N–H and O–H groups in total. The van der Waals surface area contributed by atoms with Crippen molar-refractivity contribution in [2.24, 2.45) is 7.05 Å². The maximum Gasteiger partial charge on any atom is 0.140 e. The van der Waals surface area contributed by atoms with Gasteiger partial charge in [0.05, 0.1) is 0 Å². The number of nitrogens with zero attached hydrogens (tertiary/aromatic N) is 2. The van der Waals surface area contributed by atoms with E-state index in [1.807, 2.05) is 12.3 Å². The number of hydrogen-bond acceptors (Lipinski definition) is 2. The van der Waals surface area contributed by atoms with Crippen LogP contribution in [0.5, 0.6) is 0 Å². The molecule has 3 heterocycles. The van der Waals surface area contributed by atoms with Gasteiger partial charge in [-0.15, -0.1) is 24.8 Å². The first-order valence-corrected chi connectivity index (χ1v) is 5.00. The molecule has 1 aliphatic rings. The predicted molar refractivity (Wildman–Crippen MR) is 70.6 cm³/mol. The molecule has 0 unspecified atom stereocenters. The van der Waals surface area contributed by atoms with Crippen molar-refractivity contribution in [2.45, 2.75) is 13.0 Å². The van der Waals surface area contributed by atoms with Crippen molar-refractivity contribution in [1.82, 2.24) is 14.9 Å². The molecule has 5 heteroatoms. The Labute approximate surface area is 107 Å². The van der Waals surface area contributed by atoms with E-state index in [-0.39, 0.29) is 24.8 Å². The van der Waals surface area contributed by atoms with Gasteiger partial charge in [-0.05, 0) is 30.7 Å². The molecule has 0 atom stereocenters. The molecule has 16 heavy (non-hydrogen) atoms. The van der Waals surface area contributed by atoms with Crippen LogP contribution in [0.15, 0.2) is 18.3 Å². The normalized spacial score (nSPS) is 13.8. The first-order chi connectivity index (χ1) is 6.88.